The minimum atomic E-state index is -0.657. The first kappa shape index (κ1) is 24.1. The van der Waals surface area contributed by atoms with Crippen LogP contribution in [0.4, 0.5) is 10.6 Å². The molecule has 5 rings (SSSR count). The van der Waals surface area contributed by atoms with Crippen LogP contribution in [0, 0.1) is 15.4 Å². The average Bonchev–Trinajstić information content (AvgIpc) is 3.35. The number of ether oxygens (including phenoxy) is 3. The minimum Gasteiger partial charge on any atom is -0.444 e. The van der Waals surface area contributed by atoms with Gasteiger partial charge in [0.05, 0.1) is 17.5 Å². The van der Waals surface area contributed by atoms with E-state index in [-0.39, 0.29) is 30.3 Å². The van der Waals surface area contributed by atoms with Crippen molar-refractivity contribution >= 4 is 45.5 Å². The van der Waals surface area contributed by atoms with Gasteiger partial charge in [0, 0.05) is 22.9 Å². The van der Waals surface area contributed by atoms with Crippen LogP contribution in [0.5, 0.6) is 0 Å². The molecule has 186 valence electrons. The fourth-order valence-electron chi connectivity index (χ4n) is 5.89. The summed E-state index contributed by atoms with van der Waals surface area (Å²) in [5.41, 5.74) is 6.50. The Hall–Kier alpha value is -1.66. The molecular weight excluding hydrogens is 549 g/mol. The Morgan fingerprint density at radius 3 is 2.74 bits per heavy atom. The normalized spacial score (nSPS) is 31.1. The molecule has 2 N–H and O–H groups in total. The first-order valence-electron chi connectivity index (χ1n) is 12.0. The van der Waals surface area contributed by atoms with Crippen LogP contribution in [-0.4, -0.2) is 62.2 Å². The molecule has 0 bridgehead atoms. The van der Waals surface area contributed by atoms with E-state index in [4.69, 9.17) is 19.9 Å². The molecule has 10 heteroatoms. The molecule has 4 heterocycles. The number of nitrogens with two attached hydrogens (primary N) is 1. The van der Waals surface area contributed by atoms with Gasteiger partial charge in [-0.05, 0) is 88.3 Å². The summed E-state index contributed by atoms with van der Waals surface area (Å²) in [6, 6.07) is 0.0639. The number of anilines is 1. The number of amides is 1. The predicted molar refractivity (Wildman–Crippen MR) is 136 cm³/mol. The van der Waals surface area contributed by atoms with E-state index in [0.717, 1.165) is 40.4 Å². The number of piperidine rings is 1. The van der Waals surface area contributed by atoms with E-state index in [9.17, 15) is 4.79 Å². The number of hydrogen-bond acceptors (Lipinski definition) is 7. The van der Waals surface area contributed by atoms with E-state index in [0.29, 0.717) is 18.3 Å². The van der Waals surface area contributed by atoms with E-state index in [1.54, 1.807) is 0 Å². The Morgan fingerprint density at radius 1 is 1.26 bits per heavy atom. The van der Waals surface area contributed by atoms with Gasteiger partial charge in [0.15, 0.2) is 5.79 Å². The van der Waals surface area contributed by atoms with Crippen LogP contribution in [0.15, 0.2) is 12.5 Å². The van der Waals surface area contributed by atoms with Crippen molar-refractivity contribution in [2.75, 3.05) is 18.8 Å². The zero-order chi connectivity index (χ0) is 24.4. The first-order chi connectivity index (χ1) is 15.9. The smallest absolute Gasteiger partial charge is 0.410 e. The number of halogens is 1. The lowest BCUT2D eigenvalue weighted by Crippen LogP contribution is -2.46. The van der Waals surface area contributed by atoms with Crippen LogP contribution in [-0.2, 0) is 14.2 Å². The van der Waals surface area contributed by atoms with Crippen LogP contribution >= 0.6 is 22.6 Å². The number of carbonyl (C=O) groups is 1. The topological polar surface area (TPSA) is 105 Å². The Balaban J connectivity index is 1.44. The fraction of sp³-hybridized carbons (Fsp3) is 0.708. The summed E-state index contributed by atoms with van der Waals surface area (Å²) in [6.45, 7) is 11.1. The molecule has 3 fully saturated rings. The summed E-state index contributed by atoms with van der Waals surface area (Å²) in [6.07, 6.45) is 6.15. The highest BCUT2D eigenvalue weighted by Crippen LogP contribution is 2.51. The second-order valence-corrected chi connectivity index (χ2v) is 12.4. The van der Waals surface area contributed by atoms with Crippen molar-refractivity contribution < 1.29 is 19.0 Å². The number of nitrogens with zero attached hydrogens (tertiary/aromatic N) is 4. The standard InChI is InChI=1S/C24H34IN5O4/c1-23(2,3)34-22(31)29-8-6-7-13(10-29)14-9-16(19-18(14)32-24(4,5)33-19)30-11-15(25)17-20(26)27-12-28-21(17)30/h11-14,16,18-19H,6-10H2,1-5H3,(H2,26,27,28)/t13?,14?,16-,18-,19+/m1/s1. The molecule has 0 spiro atoms. The maximum Gasteiger partial charge on any atom is 0.410 e. The largest absolute Gasteiger partial charge is 0.444 e. The molecule has 34 heavy (non-hydrogen) atoms. The molecule has 2 unspecified atom stereocenters. The summed E-state index contributed by atoms with van der Waals surface area (Å²) in [5.74, 6) is 0.409. The van der Waals surface area contributed by atoms with E-state index in [1.807, 2.05) is 39.5 Å². The number of rotatable bonds is 2. The zero-order valence-corrected chi connectivity index (χ0v) is 22.6. The predicted octanol–water partition coefficient (Wildman–Crippen LogP) is 4.35. The molecule has 2 aromatic heterocycles. The summed E-state index contributed by atoms with van der Waals surface area (Å²) in [7, 11) is 0. The van der Waals surface area contributed by atoms with Crippen LogP contribution in [0.2, 0.25) is 0 Å². The first-order valence-corrected chi connectivity index (χ1v) is 13.1. The molecule has 1 saturated carbocycles. The molecular formula is C24H34IN5O4. The molecule has 2 aromatic rings. The van der Waals surface area contributed by atoms with Gasteiger partial charge in [0.2, 0.25) is 0 Å². The highest BCUT2D eigenvalue weighted by atomic mass is 127. The summed E-state index contributed by atoms with van der Waals surface area (Å²) in [4.78, 5) is 23.4. The third-order valence-electron chi connectivity index (χ3n) is 7.14. The Labute approximate surface area is 213 Å². The zero-order valence-electron chi connectivity index (χ0n) is 20.5. The summed E-state index contributed by atoms with van der Waals surface area (Å²) >= 11 is 2.30. The van der Waals surface area contributed by atoms with Crippen LogP contribution in [0.25, 0.3) is 11.0 Å². The molecule has 1 amide bonds. The fourth-order valence-corrected chi connectivity index (χ4v) is 6.71. The lowest BCUT2D eigenvalue weighted by molar-refractivity contribution is -0.163. The van der Waals surface area contributed by atoms with Crippen molar-refractivity contribution in [2.24, 2.45) is 11.8 Å². The Kier molecular flexibility index (Phi) is 6.00. The maximum absolute atomic E-state index is 12.8. The van der Waals surface area contributed by atoms with Gasteiger partial charge in [0.1, 0.15) is 29.5 Å². The maximum atomic E-state index is 12.8. The summed E-state index contributed by atoms with van der Waals surface area (Å²) in [5, 5.41) is 0.884. The number of nitrogen functional groups attached to an aromatic ring is 1. The number of fused-ring (bicyclic) bond motifs is 2. The van der Waals surface area contributed by atoms with Crippen LogP contribution < -0.4 is 5.73 Å². The van der Waals surface area contributed by atoms with Crippen molar-refractivity contribution in [3.63, 3.8) is 0 Å². The highest BCUT2D eigenvalue weighted by molar-refractivity contribution is 14.1. The average molecular weight is 583 g/mol. The number of likely N-dealkylation sites (tertiary alicyclic amines) is 1. The molecule has 0 aromatic carbocycles. The minimum absolute atomic E-state index is 0.0436. The van der Waals surface area contributed by atoms with Gasteiger partial charge < -0.3 is 29.4 Å². The monoisotopic (exact) mass is 583 g/mol. The third-order valence-corrected chi connectivity index (χ3v) is 7.96. The van der Waals surface area contributed by atoms with Gasteiger partial charge in [-0.1, -0.05) is 0 Å². The Bertz CT molecular complexity index is 1100. The molecule has 9 nitrogen and oxygen atoms in total. The van der Waals surface area contributed by atoms with Gasteiger partial charge in [-0.15, -0.1) is 0 Å². The van der Waals surface area contributed by atoms with E-state index in [1.165, 1.54) is 6.33 Å². The lowest BCUT2D eigenvalue weighted by atomic mass is 9.83. The van der Waals surface area contributed by atoms with Crippen molar-refractivity contribution in [3.05, 3.63) is 16.1 Å². The van der Waals surface area contributed by atoms with Gasteiger partial charge in [-0.3, -0.25) is 0 Å². The van der Waals surface area contributed by atoms with Crippen LogP contribution in [0.3, 0.4) is 0 Å². The van der Waals surface area contributed by atoms with Crippen molar-refractivity contribution in [2.45, 2.75) is 83.5 Å². The number of hydrogen-bond donors (Lipinski definition) is 1. The molecule has 0 radical (unpaired) electrons. The molecule has 1 aliphatic carbocycles. The van der Waals surface area contributed by atoms with E-state index in [2.05, 4.69) is 43.3 Å². The van der Waals surface area contributed by atoms with Gasteiger partial charge >= 0.3 is 6.09 Å². The summed E-state index contributed by atoms with van der Waals surface area (Å²) < 4.78 is 21.8. The van der Waals surface area contributed by atoms with Crippen molar-refractivity contribution in [1.29, 1.82) is 0 Å². The highest BCUT2D eigenvalue weighted by Gasteiger charge is 2.57. The van der Waals surface area contributed by atoms with Crippen LogP contribution in [0.1, 0.15) is 59.9 Å². The van der Waals surface area contributed by atoms with Gasteiger partial charge in [0.25, 0.3) is 0 Å². The lowest BCUT2D eigenvalue weighted by Gasteiger charge is -2.38. The van der Waals surface area contributed by atoms with Crippen molar-refractivity contribution in [3.8, 4) is 0 Å². The SMILES string of the molecule is CC(C)(C)OC(=O)N1CCCC(C2C[C@@H](n3cc(I)c4c(N)ncnc43)[C@@H]3OC(C)(C)O[C@H]23)C1. The van der Waals surface area contributed by atoms with Crippen molar-refractivity contribution in [1.82, 2.24) is 19.4 Å². The molecule has 3 aliphatic rings. The molecule has 5 atom stereocenters. The van der Waals surface area contributed by atoms with Gasteiger partial charge in [-0.2, -0.15) is 0 Å². The number of aromatic nitrogens is 3. The van der Waals surface area contributed by atoms with E-state index < -0.39 is 11.4 Å². The second kappa shape index (κ2) is 8.48. The second-order valence-electron chi connectivity index (χ2n) is 11.2. The quantitative estimate of drug-likeness (QED) is 0.525. The van der Waals surface area contributed by atoms with Gasteiger partial charge in [-0.25, -0.2) is 14.8 Å². The number of carbonyl (C=O) groups excluding carboxylic acids is 1. The molecule has 2 saturated heterocycles. The molecule has 2 aliphatic heterocycles. The Morgan fingerprint density at radius 2 is 2.00 bits per heavy atom. The third kappa shape index (κ3) is 4.37. The van der Waals surface area contributed by atoms with E-state index >= 15 is 0 Å².